The number of aromatic nitrogens is 1. The highest BCUT2D eigenvalue weighted by Gasteiger charge is 2.26. The molecule has 0 unspecified atom stereocenters. The van der Waals surface area contributed by atoms with Gasteiger partial charge < -0.3 is 15.0 Å². The quantitative estimate of drug-likeness (QED) is 0.630. The van der Waals surface area contributed by atoms with Gasteiger partial charge in [0.2, 0.25) is 5.91 Å². The standard InChI is InChI=1S/C21H21F2N3O2S/c1-13-5-6-17-18(11-13)29-21(25-17)26-9-7-14(8-10-26)19(27)24-15-3-2-4-16(12-15)28-20(22)23/h2-6,11-12,14,20H,7-10H2,1H3,(H,24,27). The topological polar surface area (TPSA) is 54.5 Å². The van der Waals surface area contributed by atoms with E-state index < -0.39 is 6.61 Å². The number of hydrogen-bond acceptors (Lipinski definition) is 5. The Kier molecular flexibility index (Phi) is 5.62. The first-order valence-corrected chi connectivity index (χ1v) is 10.3. The average molecular weight is 417 g/mol. The number of ether oxygens (including phenoxy) is 1. The van der Waals surface area contributed by atoms with Crippen molar-refractivity contribution in [2.75, 3.05) is 23.3 Å². The number of alkyl halides is 2. The van der Waals surface area contributed by atoms with Gasteiger partial charge in [-0.15, -0.1) is 0 Å². The summed E-state index contributed by atoms with van der Waals surface area (Å²) in [5.41, 5.74) is 2.67. The third-order valence-electron chi connectivity index (χ3n) is 5.00. The van der Waals surface area contributed by atoms with Gasteiger partial charge in [0, 0.05) is 30.8 Å². The fraction of sp³-hybridized carbons (Fsp3) is 0.333. The minimum absolute atomic E-state index is 0.0266. The predicted octanol–water partition coefficient (Wildman–Crippen LogP) is 5.06. The minimum atomic E-state index is -2.89. The lowest BCUT2D eigenvalue weighted by Crippen LogP contribution is -2.38. The number of nitrogens with one attached hydrogen (secondary N) is 1. The number of aryl methyl sites for hydroxylation is 1. The predicted molar refractivity (Wildman–Crippen MR) is 111 cm³/mol. The van der Waals surface area contributed by atoms with Crippen LogP contribution in [0.15, 0.2) is 42.5 Å². The molecule has 0 atom stereocenters. The van der Waals surface area contributed by atoms with Crippen LogP contribution in [0.5, 0.6) is 5.75 Å². The Morgan fingerprint density at radius 1 is 1.24 bits per heavy atom. The van der Waals surface area contributed by atoms with Crippen molar-refractivity contribution in [3.05, 3.63) is 48.0 Å². The number of benzene rings is 2. The zero-order chi connectivity index (χ0) is 20.4. The van der Waals surface area contributed by atoms with E-state index in [1.165, 1.54) is 22.4 Å². The Morgan fingerprint density at radius 2 is 2.03 bits per heavy atom. The van der Waals surface area contributed by atoms with Crippen LogP contribution in [0, 0.1) is 12.8 Å². The number of rotatable bonds is 5. The number of anilines is 2. The van der Waals surface area contributed by atoms with Gasteiger partial charge in [0.25, 0.3) is 0 Å². The van der Waals surface area contributed by atoms with Crippen molar-refractivity contribution in [2.45, 2.75) is 26.4 Å². The molecule has 152 valence electrons. The van der Waals surface area contributed by atoms with Gasteiger partial charge in [0.15, 0.2) is 5.13 Å². The van der Waals surface area contributed by atoms with Crippen molar-refractivity contribution in [1.82, 2.24) is 4.98 Å². The molecule has 1 amide bonds. The largest absolute Gasteiger partial charge is 0.435 e. The number of fused-ring (bicyclic) bond motifs is 1. The highest BCUT2D eigenvalue weighted by molar-refractivity contribution is 7.22. The summed E-state index contributed by atoms with van der Waals surface area (Å²) in [6, 6.07) is 12.3. The zero-order valence-electron chi connectivity index (χ0n) is 15.9. The molecule has 1 aliphatic heterocycles. The van der Waals surface area contributed by atoms with Crippen LogP contribution in [0.4, 0.5) is 19.6 Å². The van der Waals surface area contributed by atoms with Gasteiger partial charge in [0.05, 0.1) is 10.2 Å². The molecule has 29 heavy (non-hydrogen) atoms. The molecule has 2 aromatic carbocycles. The van der Waals surface area contributed by atoms with Crippen LogP contribution in [0.2, 0.25) is 0 Å². The number of halogens is 2. The van der Waals surface area contributed by atoms with E-state index in [1.54, 1.807) is 23.5 Å². The summed E-state index contributed by atoms with van der Waals surface area (Å²) in [5, 5.41) is 3.80. The number of carbonyl (C=O) groups is 1. The zero-order valence-corrected chi connectivity index (χ0v) is 16.7. The second kappa shape index (κ2) is 8.32. The fourth-order valence-corrected chi connectivity index (χ4v) is 4.60. The van der Waals surface area contributed by atoms with E-state index in [4.69, 9.17) is 4.98 Å². The summed E-state index contributed by atoms with van der Waals surface area (Å²) in [7, 11) is 0. The summed E-state index contributed by atoms with van der Waals surface area (Å²) < 4.78 is 30.3. The highest BCUT2D eigenvalue weighted by atomic mass is 32.1. The number of hydrogen-bond donors (Lipinski definition) is 1. The minimum Gasteiger partial charge on any atom is -0.435 e. The lowest BCUT2D eigenvalue weighted by molar-refractivity contribution is -0.120. The van der Waals surface area contributed by atoms with E-state index in [9.17, 15) is 13.6 Å². The van der Waals surface area contributed by atoms with Crippen molar-refractivity contribution in [3.63, 3.8) is 0 Å². The van der Waals surface area contributed by atoms with Crippen LogP contribution in [0.3, 0.4) is 0 Å². The molecule has 4 rings (SSSR count). The maximum atomic E-state index is 12.6. The second-order valence-corrected chi connectivity index (χ2v) is 8.13. The molecule has 0 saturated carbocycles. The molecule has 8 heteroatoms. The summed E-state index contributed by atoms with van der Waals surface area (Å²) in [6.45, 7) is 0.687. The van der Waals surface area contributed by atoms with Crippen molar-refractivity contribution >= 4 is 38.3 Å². The summed E-state index contributed by atoms with van der Waals surface area (Å²) in [5.74, 6) is -0.194. The maximum absolute atomic E-state index is 12.6. The van der Waals surface area contributed by atoms with Gasteiger partial charge in [-0.25, -0.2) is 4.98 Å². The number of nitrogens with zero attached hydrogens (tertiary/aromatic N) is 2. The van der Waals surface area contributed by atoms with Crippen LogP contribution in [-0.4, -0.2) is 30.6 Å². The Bertz CT molecular complexity index is 1020. The third kappa shape index (κ3) is 4.64. The van der Waals surface area contributed by atoms with E-state index in [1.807, 2.05) is 6.07 Å². The van der Waals surface area contributed by atoms with Crippen molar-refractivity contribution < 1.29 is 18.3 Å². The molecule has 0 aliphatic carbocycles. The summed E-state index contributed by atoms with van der Waals surface area (Å²) >= 11 is 1.68. The smallest absolute Gasteiger partial charge is 0.387 e. The molecule has 1 saturated heterocycles. The second-order valence-electron chi connectivity index (χ2n) is 7.12. The molecule has 1 aliphatic rings. The first-order chi connectivity index (χ1) is 14.0. The summed E-state index contributed by atoms with van der Waals surface area (Å²) in [4.78, 5) is 19.5. The average Bonchev–Trinajstić information content (AvgIpc) is 3.11. The van der Waals surface area contributed by atoms with Crippen LogP contribution in [0.25, 0.3) is 10.2 Å². The molecule has 1 aromatic heterocycles. The number of piperidine rings is 1. The lowest BCUT2D eigenvalue weighted by atomic mass is 9.96. The van der Waals surface area contributed by atoms with E-state index in [0.29, 0.717) is 18.5 Å². The van der Waals surface area contributed by atoms with E-state index in [0.717, 1.165) is 23.7 Å². The van der Waals surface area contributed by atoms with Crippen molar-refractivity contribution in [1.29, 1.82) is 0 Å². The molecule has 3 aromatic rings. The monoisotopic (exact) mass is 417 g/mol. The molecular weight excluding hydrogens is 396 g/mol. The number of thiazole rings is 1. The fourth-order valence-electron chi connectivity index (χ4n) is 3.48. The number of carbonyl (C=O) groups excluding carboxylic acids is 1. The Morgan fingerprint density at radius 3 is 2.79 bits per heavy atom. The molecule has 0 bridgehead atoms. The van der Waals surface area contributed by atoms with Gasteiger partial charge in [-0.3, -0.25) is 4.79 Å². The molecule has 0 spiro atoms. The van der Waals surface area contributed by atoms with Crippen LogP contribution >= 0.6 is 11.3 Å². The van der Waals surface area contributed by atoms with E-state index in [2.05, 4.69) is 34.0 Å². The Balaban J connectivity index is 1.35. The van der Waals surface area contributed by atoms with E-state index >= 15 is 0 Å². The van der Waals surface area contributed by atoms with Crippen LogP contribution in [0.1, 0.15) is 18.4 Å². The van der Waals surface area contributed by atoms with Crippen LogP contribution in [-0.2, 0) is 4.79 Å². The lowest BCUT2D eigenvalue weighted by Gasteiger charge is -2.31. The Hall–Kier alpha value is -2.74. The molecule has 5 nitrogen and oxygen atoms in total. The van der Waals surface area contributed by atoms with Gasteiger partial charge >= 0.3 is 6.61 Å². The summed E-state index contributed by atoms with van der Waals surface area (Å²) in [6.07, 6.45) is 1.43. The Labute approximate surface area is 171 Å². The van der Waals surface area contributed by atoms with Gasteiger partial charge in [-0.1, -0.05) is 23.5 Å². The van der Waals surface area contributed by atoms with E-state index in [-0.39, 0.29) is 17.6 Å². The maximum Gasteiger partial charge on any atom is 0.387 e. The normalized spacial score (nSPS) is 15.1. The molecular formula is C21H21F2N3O2S. The first-order valence-electron chi connectivity index (χ1n) is 9.46. The highest BCUT2D eigenvalue weighted by Crippen LogP contribution is 2.32. The number of amides is 1. The molecule has 1 fully saturated rings. The molecule has 2 heterocycles. The molecule has 1 N–H and O–H groups in total. The first kappa shape index (κ1) is 19.6. The van der Waals surface area contributed by atoms with Crippen molar-refractivity contribution in [3.8, 4) is 5.75 Å². The SMILES string of the molecule is Cc1ccc2nc(N3CCC(C(=O)Nc4cccc(OC(F)F)c4)CC3)sc2c1. The van der Waals surface area contributed by atoms with Crippen LogP contribution < -0.4 is 15.0 Å². The van der Waals surface area contributed by atoms with Crippen molar-refractivity contribution in [2.24, 2.45) is 5.92 Å². The van der Waals surface area contributed by atoms with Gasteiger partial charge in [-0.05, 0) is 49.6 Å². The molecule has 0 radical (unpaired) electrons. The van der Waals surface area contributed by atoms with Gasteiger partial charge in [-0.2, -0.15) is 8.78 Å². The third-order valence-corrected chi connectivity index (χ3v) is 6.07. The van der Waals surface area contributed by atoms with Gasteiger partial charge in [0.1, 0.15) is 5.75 Å².